The lowest BCUT2D eigenvalue weighted by Crippen LogP contribution is -2.35. The Morgan fingerprint density at radius 2 is 1.67 bits per heavy atom. The van der Waals surface area contributed by atoms with Crippen LogP contribution in [-0.2, 0) is 12.0 Å². The van der Waals surface area contributed by atoms with Crippen molar-refractivity contribution in [3.05, 3.63) is 69.7 Å². The molecule has 0 spiro atoms. The molecular formula is C15H15Cl2N. The molecule has 2 rings (SSSR count). The van der Waals surface area contributed by atoms with Gasteiger partial charge in [0.15, 0.2) is 0 Å². The van der Waals surface area contributed by atoms with E-state index < -0.39 is 5.54 Å². The molecular weight excluding hydrogens is 265 g/mol. The average molecular weight is 280 g/mol. The summed E-state index contributed by atoms with van der Waals surface area (Å²) in [4.78, 5) is 0. The van der Waals surface area contributed by atoms with Crippen molar-refractivity contribution in [2.75, 3.05) is 0 Å². The molecule has 0 radical (unpaired) electrons. The first kappa shape index (κ1) is 13.4. The standard InChI is InChI=1S/C15H15Cl2N/c1-15(18,10-11-5-3-2-4-6-11)12-7-8-13(16)14(17)9-12/h2-9H,10,18H2,1H3. The zero-order valence-corrected chi connectivity index (χ0v) is 11.7. The molecule has 1 nitrogen and oxygen atoms in total. The second kappa shape index (κ2) is 5.31. The highest BCUT2D eigenvalue weighted by Crippen LogP contribution is 2.29. The van der Waals surface area contributed by atoms with Crippen LogP contribution in [0.1, 0.15) is 18.1 Å². The van der Waals surface area contributed by atoms with Crippen LogP contribution in [0.2, 0.25) is 10.0 Å². The predicted molar refractivity (Wildman–Crippen MR) is 78.1 cm³/mol. The van der Waals surface area contributed by atoms with Crippen molar-refractivity contribution in [2.24, 2.45) is 5.73 Å². The Morgan fingerprint density at radius 1 is 1.00 bits per heavy atom. The van der Waals surface area contributed by atoms with E-state index in [4.69, 9.17) is 28.9 Å². The summed E-state index contributed by atoms with van der Waals surface area (Å²) < 4.78 is 0. The maximum atomic E-state index is 6.39. The van der Waals surface area contributed by atoms with Gasteiger partial charge in [-0.3, -0.25) is 0 Å². The highest BCUT2D eigenvalue weighted by Gasteiger charge is 2.22. The van der Waals surface area contributed by atoms with Crippen LogP contribution in [0.4, 0.5) is 0 Å². The van der Waals surface area contributed by atoms with Gasteiger partial charge in [-0.15, -0.1) is 0 Å². The molecule has 2 N–H and O–H groups in total. The lowest BCUT2D eigenvalue weighted by molar-refractivity contribution is 0.491. The molecule has 0 heterocycles. The monoisotopic (exact) mass is 279 g/mol. The third-order valence-corrected chi connectivity index (χ3v) is 3.73. The summed E-state index contributed by atoms with van der Waals surface area (Å²) in [6.07, 6.45) is 0.756. The number of rotatable bonds is 3. The molecule has 0 saturated heterocycles. The van der Waals surface area contributed by atoms with Crippen molar-refractivity contribution in [2.45, 2.75) is 18.9 Å². The van der Waals surface area contributed by atoms with E-state index in [9.17, 15) is 0 Å². The number of nitrogens with two attached hydrogens (primary N) is 1. The summed E-state index contributed by atoms with van der Waals surface area (Å²) >= 11 is 12.0. The number of halogens is 2. The van der Waals surface area contributed by atoms with Crippen LogP contribution in [0.15, 0.2) is 48.5 Å². The normalized spacial score (nSPS) is 14.2. The van der Waals surface area contributed by atoms with Crippen molar-refractivity contribution in [3.63, 3.8) is 0 Å². The third kappa shape index (κ3) is 3.05. The Kier molecular flexibility index (Phi) is 3.96. The topological polar surface area (TPSA) is 26.0 Å². The molecule has 2 aromatic carbocycles. The van der Waals surface area contributed by atoms with E-state index in [1.54, 1.807) is 6.07 Å². The molecule has 0 aliphatic heterocycles. The van der Waals surface area contributed by atoms with Gasteiger partial charge in [0.1, 0.15) is 0 Å². The maximum Gasteiger partial charge on any atom is 0.0595 e. The van der Waals surface area contributed by atoms with E-state index >= 15 is 0 Å². The Morgan fingerprint density at radius 3 is 2.28 bits per heavy atom. The van der Waals surface area contributed by atoms with Crippen LogP contribution in [0, 0.1) is 0 Å². The first-order chi connectivity index (χ1) is 8.49. The van der Waals surface area contributed by atoms with Crippen molar-refractivity contribution in [3.8, 4) is 0 Å². The second-order valence-corrected chi connectivity index (χ2v) is 5.52. The minimum atomic E-state index is -0.463. The van der Waals surface area contributed by atoms with Gasteiger partial charge in [-0.25, -0.2) is 0 Å². The predicted octanol–water partition coefficient (Wildman–Crippen LogP) is 4.41. The van der Waals surface area contributed by atoms with Gasteiger partial charge >= 0.3 is 0 Å². The lowest BCUT2D eigenvalue weighted by atomic mass is 9.87. The second-order valence-electron chi connectivity index (χ2n) is 4.71. The van der Waals surface area contributed by atoms with Gasteiger partial charge in [0.2, 0.25) is 0 Å². The largest absolute Gasteiger partial charge is 0.321 e. The van der Waals surface area contributed by atoms with Gasteiger partial charge in [0.25, 0.3) is 0 Å². The molecule has 3 heteroatoms. The number of hydrogen-bond donors (Lipinski definition) is 1. The minimum Gasteiger partial charge on any atom is -0.321 e. The van der Waals surface area contributed by atoms with E-state index in [1.807, 2.05) is 37.3 Å². The molecule has 18 heavy (non-hydrogen) atoms. The van der Waals surface area contributed by atoms with E-state index in [1.165, 1.54) is 5.56 Å². The molecule has 1 atom stereocenters. The Labute approximate surface area is 118 Å². The van der Waals surface area contributed by atoms with Gasteiger partial charge in [0, 0.05) is 5.54 Å². The zero-order valence-electron chi connectivity index (χ0n) is 10.2. The van der Waals surface area contributed by atoms with E-state index in [-0.39, 0.29) is 0 Å². The smallest absolute Gasteiger partial charge is 0.0595 e. The summed E-state index contributed by atoms with van der Waals surface area (Å²) in [5.41, 5.74) is 8.11. The summed E-state index contributed by atoms with van der Waals surface area (Å²) in [5.74, 6) is 0. The van der Waals surface area contributed by atoms with Gasteiger partial charge in [-0.2, -0.15) is 0 Å². The fraction of sp³-hybridized carbons (Fsp3) is 0.200. The van der Waals surface area contributed by atoms with Crippen LogP contribution >= 0.6 is 23.2 Å². The molecule has 0 aliphatic carbocycles. The average Bonchev–Trinajstić information content (AvgIpc) is 2.33. The summed E-state index contributed by atoms with van der Waals surface area (Å²) in [6, 6.07) is 15.7. The molecule has 1 unspecified atom stereocenters. The fourth-order valence-corrected chi connectivity index (χ4v) is 2.27. The zero-order chi connectivity index (χ0) is 13.2. The Hall–Kier alpha value is -1.02. The SMILES string of the molecule is CC(N)(Cc1ccccc1)c1ccc(Cl)c(Cl)c1. The van der Waals surface area contributed by atoms with Gasteiger partial charge < -0.3 is 5.73 Å². The van der Waals surface area contributed by atoms with Gasteiger partial charge in [-0.1, -0.05) is 59.6 Å². The highest BCUT2D eigenvalue weighted by atomic mass is 35.5. The van der Waals surface area contributed by atoms with Crippen LogP contribution in [0.5, 0.6) is 0 Å². The fourth-order valence-electron chi connectivity index (χ4n) is 1.97. The van der Waals surface area contributed by atoms with E-state index in [2.05, 4.69) is 12.1 Å². The minimum absolute atomic E-state index is 0.463. The third-order valence-electron chi connectivity index (χ3n) is 2.99. The molecule has 94 valence electrons. The molecule has 0 aliphatic rings. The lowest BCUT2D eigenvalue weighted by Gasteiger charge is -2.26. The van der Waals surface area contributed by atoms with E-state index in [0.717, 1.165) is 12.0 Å². The number of benzene rings is 2. The summed E-state index contributed by atoms with van der Waals surface area (Å²) in [5, 5.41) is 1.09. The Bertz CT molecular complexity index is 535. The van der Waals surface area contributed by atoms with E-state index in [0.29, 0.717) is 10.0 Å². The molecule has 2 aromatic rings. The molecule has 0 fully saturated rings. The molecule has 0 aromatic heterocycles. The van der Waals surface area contributed by atoms with Crippen molar-refractivity contribution < 1.29 is 0 Å². The summed E-state index contributed by atoms with van der Waals surface area (Å²) in [7, 11) is 0. The first-order valence-electron chi connectivity index (χ1n) is 5.77. The van der Waals surface area contributed by atoms with Crippen molar-refractivity contribution >= 4 is 23.2 Å². The van der Waals surface area contributed by atoms with Crippen molar-refractivity contribution in [1.29, 1.82) is 0 Å². The maximum absolute atomic E-state index is 6.39. The number of hydrogen-bond acceptors (Lipinski definition) is 1. The van der Waals surface area contributed by atoms with Crippen LogP contribution in [0.3, 0.4) is 0 Å². The van der Waals surface area contributed by atoms with Crippen LogP contribution in [0.25, 0.3) is 0 Å². The molecule has 0 saturated carbocycles. The molecule has 0 bridgehead atoms. The summed E-state index contributed by atoms with van der Waals surface area (Å²) in [6.45, 7) is 2.00. The van der Waals surface area contributed by atoms with Crippen molar-refractivity contribution in [1.82, 2.24) is 0 Å². The molecule has 0 amide bonds. The quantitative estimate of drug-likeness (QED) is 0.885. The van der Waals surface area contributed by atoms with Crippen LogP contribution < -0.4 is 5.73 Å². The first-order valence-corrected chi connectivity index (χ1v) is 6.53. The van der Waals surface area contributed by atoms with Crippen LogP contribution in [-0.4, -0.2) is 0 Å². The van der Waals surface area contributed by atoms with Gasteiger partial charge in [0.05, 0.1) is 10.0 Å². The Balaban J connectivity index is 2.27. The highest BCUT2D eigenvalue weighted by molar-refractivity contribution is 6.42. The van der Waals surface area contributed by atoms with Gasteiger partial charge in [-0.05, 0) is 36.6 Å².